The number of anilines is 1. The first-order valence-corrected chi connectivity index (χ1v) is 12.6. The molecule has 160 valence electrons. The van der Waals surface area contributed by atoms with Crippen LogP contribution in [0.2, 0.25) is 0 Å². The Morgan fingerprint density at radius 3 is 2.77 bits per heavy atom. The Labute approximate surface area is 183 Å². The number of carbonyl (C=O) groups excluding carboxylic acids is 2. The van der Waals surface area contributed by atoms with Gasteiger partial charge in [0, 0.05) is 29.3 Å². The van der Waals surface area contributed by atoms with Gasteiger partial charge >= 0.3 is 0 Å². The van der Waals surface area contributed by atoms with E-state index in [1.54, 1.807) is 12.1 Å². The summed E-state index contributed by atoms with van der Waals surface area (Å²) in [7, 11) is -3.54. The number of nitrogens with one attached hydrogen (secondary N) is 2. The fraction of sp³-hybridized carbons (Fsp3) is 0.368. The van der Waals surface area contributed by atoms with E-state index in [-0.39, 0.29) is 29.0 Å². The number of amides is 2. The summed E-state index contributed by atoms with van der Waals surface area (Å²) in [6.07, 6.45) is 0.0507. The summed E-state index contributed by atoms with van der Waals surface area (Å²) >= 11 is 2.52. The molecule has 1 atom stereocenters. The van der Waals surface area contributed by atoms with Crippen LogP contribution in [0.3, 0.4) is 0 Å². The second kappa shape index (κ2) is 9.06. The van der Waals surface area contributed by atoms with E-state index in [1.165, 1.54) is 16.1 Å². The molecule has 0 bridgehead atoms. The lowest BCUT2D eigenvalue weighted by Crippen LogP contribution is -2.40. The molecule has 1 fully saturated rings. The second-order valence-corrected chi connectivity index (χ2v) is 11.4. The van der Waals surface area contributed by atoms with E-state index in [4.69, 9.17) is 4.74 Å². The Kier molecular flexibility index (Phi) is 6.44. The van der Waals surface area contributed by atoms with Gasteiger partial charge in [-0.1, -0.05) is 12.1 Å². The highest BCUT2D eigenvalue weighted by molar-refractivity contribution is 8.01. The molecule has 1 saturated heterocycles. The lowest BCUT2D eigenvalue weighted by Gasteiger charge is -2.25. The van der Waals surface area contributed by atoms with Crippen LogP contribution < -0.4 is 10.6 Å². The van der Waals surface area contributed by atoms with Gasteiger partial charge in [-0.2, -0.15) is 4.31 Å². The Hall–Kier alpha value is -1.92. The highest BCUT2D eigenvalue weighted by atomic mass is 32.2. The number of fused-ring (bicyclic) bond motifs is 1. The Balaban J connectivity index is 1.32. The van der Waals surface area contributed by atoms with E-state index >= 15 is 0 Å². The Bertz CT molecular complexity index is 1050. The predicted molar refractivity (Wildman–Crippen MR) is 115 cm³/mol. The number of hydrogen-bond donors (Lipinski definition) is 2. The molecule has 3 heterocycles. The lowest BCUT2D eigenvalue weighted by molar-refractivity contribution is -0.124. The van der Waals surface area contributed by atoms with Crippen LogP contribution in [-0.4, -0.2) is 56.1 Å². The van der Waals surface area contributed by atoms with E-state index < -0.39 is 15.3 Å². The molecule has 2 N–H and O–H groups in total. The van der Waals surface area contributed by atoms with Crippen molar-refractivity contribution in [2.24, 2.45) is 0 Å². The molecule has 11 heteroatoms. The molecule has 8 nitrogen and oxygen atoms in total. The monoisotopic (exact) mass is 467 g/mol. The molecule has 2 aliphatic heterocycles. The first kappa shape index (κ1) is 21.3. The van der Waals surface area contributed by atoms with Crippen LogP contribution in [0.15, 0.2) is 45.5 Å². The third kappa shape index (κ3) is 4.70. The highest BCUT2D eigenvalue weighted by Gasteiger charge is 2.29. The SMILES string of the molecule is O=C(CC1Sc2ccccc2NC1=O)NCc1ccc(S(=O)(=O)N2CCOCC2)s1. The lowest BCUT2D eigenvalue weighted by atomic mass is 10.2. The number of para-hydroxylation sites is 1. The van der Waals surface area contributed by atoms with E-state index in [9.17, 15) is 18.0 Å². The van der Waals surface area contributed by atoms with Crippen molar-refractivity contribution in [1.82, 2.24) is 9.62 Å². The smallest absolute Gasteiger partial charge is 0.252 e. The van der Waals surface area contributed by atoms with Gasteiger partial charge in [0.15, 0.2) is 0 Å². The van der Waals surface area contributed by atoms with Gasteiger partial charge < -0.3 is 15.4 Å². The van der Waals surface area contributed by atoms with Crippen LogP contribution in [0.4, 0.5) is 5.69 Å². The van der Waals surface area contributed by atoms with Gasteiger partial charge in [-0.05, 0) is 24.3 Å². The third-order valence-electron chi connectivity index (χ3n) is 4.74. The summed E-state index contributed by atoms with van der Waals surface area (Å²) in [6, 6.07) is 10.7. The zero-order valence-electron chi connectivity index (χ0n) is 16.0. The van der Waals surface area contributed by atoms with Crippen molar-refractivity contribution < 1.29 is 22.7 Å². The molecule has 4 rings (SSSR count). The van der Waals surface area contributed by atoms with Gasteiger partial charge in [0.25, 0.3) is 10.0 Å². The maximum Gasteiger partial charge on any atom is 0.252 e. The number of ether oxygens (including phenoxy) is 1. The summed E-state index contributed by atoms with van der Waals surface area (Å²) in [4.78, 5) is 26.3. The van der Waals surface area contributed by atoms with Crippen LogP contribution in [0, 0.1) is 0 Å². The van der Waals surface area contributed by atoms with Crippen molar-refractivity contribution in [1.29, 1.82) is 0 Å². The van der Waals surface area contributed by atoms with Crippen molar-refractivity contribution >= 4 is 50.6 Å². The number of benzene rings is 1. The van der Waals surface area contributed by atoms with Gasteiger partial charge in [-0.3, -0.25) is 9.59 Å². The zero-order chi connectivity index (χ0) is 21.1. The second-order valence-electron chi connectivity index (χ2n) is 6.81. The summed E-state index contributed by atoms with van der Waals surface area (Å²) in [6.45, 7) is 1.69. The van der Waals surface area contributed by atoms with E-state index in [2.05, 4.69) is 10.6 Å². The molecule has 0 saturated carbocycles. The fourth-order valence-electron chi connectivity index (χ4n) is 3.16. The quantitative estimate of drug-likeness (QED) is 0.672. The summed E-state index contributed by atoms with van der Waals surface area (Å²) < 4.78 is 32.3. The van der Waals surface area contributed by atoms with Gasteiger partial charge in [0.1, 0.15) is 4.21 Å². The average molecular weight is 468 g/mol. The Morgan fingerprint density at radius 1 is 1.20 bits per heavy atom. The molecule has 2 aliphatic rings. The summed E-state index contributed by atoms with van der Waals surface area (Å²) in [5.74, 6) is -0.447. The van der Waals surface area contributed by atoms with Crippen molar-refractivity contribution in [2.75, 3.05) is 31.6 Å². The minimum absolute atomic E-state index is 0.0507. The van der Waals surface area contributed by atoms with E-state index in [0.717, 1.165) is 26.8 Å². The third-order valence-corrected chi connectivity index (χ3v) is 9.46. The predicted octanol–water partition coefficient (Wildman–Crippen LogP) is 1.89. The number of morpholine rings is 1. The van der Waals surface area contributed by atoms with Crippen molar-refractivity contribution in [3.63, 3.8) is 0 Å². The van der Waals surface area contributed by atoms with Crippen molar-refractivity contribution in [3.8, 4) is 0 Å². The molecular weight excluding hydrogens is 446 g/mol. The summed E-state index contributed by atoms with van der Waals surface area (Å²) in [5.41, 5.74) is 0.761. The van der Waals surface area contributed by atoms with Gasteiger partial charge in [0.2, 0.25) is 11.8 Å². The molecule has 30 heavy (non-hydrogen) atoms. The van der Waals surface area contributed by atoms with Crippen LogP contribution >= 0.6 is 23.1 Å². The topological polar surface area (TPSA) is 105 Å². The van der Waals surface area contributed by atoms with Crippen LogP contribution in [0.25, 0.3) is 0 Å². The molecule has 2 aromatic rings. The Morgan fingerprint density at radius 2 is 1.97 bits per heavy atom. The average Bonchev–Trinajstić information content (AvgIpc) is 3.23. The van der Waals surface area contributed by atoms with Gasteiger partial charge in [-0.25, -0.2) is 8.42 Å². The minimum Gasteiger partial charge on any atom is -0.379 e. The van der Waals surface area contributed by atoms with Crippen molar-refractivity contribution in [2.45, 2.75) is 27.3 Å². The number of thiophene rings is 1. The number of nitrogens with zero attached hydrogens (tertiary/aromatic N) is 1. The fourth-order valence-corrected chi connectivity index (χ4v) is 7.13. The standard InChI is InChI=1S/C19H21N3O5S3/c23-17(11-16-19(24)21-14-3-1-2-4-15(14)29-16)20-12-13-5-6-18(28-13)30(25,26)22-7-9-27-10-8-22/h1-6,16H,7-12H2,(H,20,23)(H,21,24). The van der Waals surface area contributed by atoms with Gasteiger partial charge in [-0.15, -0.1) is 23.1 Å². The molecule has 0 spiro atoms. The summed E-state index contributed by atoms with van der Waals surface area (Å²) in [5, 5.41) is 5.11. The molecule has 1 aromatic carbocycles. The molecule has 1 unspecified atom stereocenters. The molecule has 0 radical (unpaired) electrons. The maximum atomic E-state index is 12.7. The number of rotatable bonds is 6. The van der Waals surface area contributed by atoms with Crippen LogP contribution in [0.5, 0.6) is 0 Å². The zero-order valence-corrected chi connectivity index (χ0v) is 18.4. The largest absolute Gasteiger partial charge is 0.379 e. The highest BCUT2D eigenvalue weighted by Crippen LogP contribution is 2.36. The number of thioether (sulfide) groups is 1. The van der Waals surface area contributed by atoms with Crippen LogP contribution in [-0.2, 0) is 30.9 Å². The number of sulfonamides is 1. The first-order chi connectivity index (χ1) is 14.4. The van der Waals surface area contributed by atoms with Crippen LogP contribution in [0.1, 0.15) is 11.3 Å². The number of hydrogen-bond acceptors (Lipinski definition) is 7. The maximum absolute atomic E-state index is 12.7. The molecule has 2 amide bonds. The molecular formula is C19H21N3O5S3. The van der Waals surface area contributed by atoms with Gasteiger partial charge in [0.05, 0.1) is 30.7 Å². The number of carbonyl (C=O) groups is 2. The molecule has 1 aromatic heterocycles. The van der Waals surface area contributed by atoms with E-state index in [1.807, 2.05) is 24.3 Å². The molecule has 0 aliphatic carbocycles. The first-order valence-electron chi connectivity index (χ1n) is 9.43. The normalized spacial score (nSPS) is 19.7. The van der Waals surface area contributed by atoms with Crippen molar-refractivity contribution in [3.05, 3.63) is 41.3 Å². The minimum atomic E-state index is -3.54. The van der Waals surface area contributed by atoms with E-state index in [0.29, 0.717) is 26.3 Å².